The predicted octanol–water partition coefficient (Wildman–Crippen LogP) is 4.58. The van der Waals surface area contributed by atoms with Crippen LogP contribution in [-0.4, -0.2) is 77.2 Å². The first-order valence-corrected chi connectivity index (χ1v) is 14.8. The van der Waals surface area contributed by atoms with E-state index in [1.165, 1.54) is 18.2 Å². The summed E-state index contributed by atoms with van der Waals surface area (Å²) >= 11 is 0. The summed E-state index contributed by atoms with van der Waals surface area (Å²) < 4.78 is 16.5. The molecular formula is C33H39N5O8. The summed E-state index contributed by atoms with van der Waals surface area (Å²) in [5.74, 6) is -0.976. The van der Waals surface area contributed by atoms with E-state index < -0.39 is 35.4 Å². The van der Waals surface area contributed by atoms with Gasteiger partial charge in [0, 0.05) is 37.1 Å². The van der Waals surface area contributed by atoms with Gasteiger partial charge in [0.1, 0.15) is 17.3 Å². The lowest BCUT2D eigenvalue weighted by molar-refractivity contribution is -0.137. The summed E-state index contributed by atoms with van der Waals surface area (Å²) in [6.07, 6.45) is -3.24. The zero-order chi connectivity index (χ0) is 34.0. The highest BCUT2D eigenvalue weighted by atomic mass is 16.6. The van der Waals surface area contributed by atoms with E-state index in [9.17, 15) is 29.2 Å². The van der Waals surface area contributed by atoms with Gasteiger partial charge in [-0.1, -0.05) is 0 Å². The number of fused-ring (bicyclic) bond motifs is 1. The van der Waals surface area contributed by atoms with Crippen molar-refractivity contribution in [2.75, 3.05) is 30.4 Å². The SMILES string of the molecule is CN1Cc2cc(N3CCOC(CC(=O)Nc4ccc(C#N)c(CN(C(=O)OC(C)(C)C)C(=O)OC(C)(C)C)c4)C3=O)ccc2C1=O. The molecule has 0 bridgehead atoms. The van der Waals surface area contributed by atoms with Crippen molar-refractivity contribution < 1.29 is 38.2 Å². The number of amides is 5. The van der Waals surface area contributed by atoms with Crippen LogP contribution in [0.4, 0.5) is 21.0 Å². The number of anilines is 2. The van der Waals surface area contributed by atoms with Crippen LogP contribution in [0.5, 0.6) is 0 Å². The lowest BCUT2D eigenvalue weighted by atomic mass is 10.1. The van der Waals surface area contributed by atoms with Crippen molar-refractivity contribution in [3.63, 3.8) is 0 Å². The van der Waals surface area contributed by atoms with Crippen LogP contribution in [0, 0.1) is 11.3 Å². The average Bonchev–Trinajstić information content (AvgIpc) is 3.23. The van der Waals surface area contributed by atoms with Crippen molar-refractivity contribution in [3.05, 3.63) is 58.7 Å². The number of carbonyl (C=O) groups excluding carboxylic acids is 5. The predicted molar refractivity (Wildman–Crippen MR) is 167 cm³/mol. The van der Waals surface area contributed by atoms with Gasteiger partial charge in [0.05, 0.1) is 31.2 Å². The number of hydrogen-bond donors (Lipinski definition) is 1. The van der Waals surface area contributed by atoms with Gasteiger partial charge in [-0.05, 0) is 89.1 Å². The topological polar surface area (TPSA) is 159 Å². The van der Waals surface area contributed by atoms with Gasteiger partial charge in [-0.15, -0.1) is 0 Å². The van der Waals surface area contributed by atoms with E-state index in [0.29, 0.717) is 24.3 Å². The first kappa shape index (κ1) is 33.9. The van der Waals surface area contributed by atoms with Crippen LogP contribution in [0.25, 0.3) is 0 Å². The smallest absolute Gasteiger partial charge is 0.420 e. The third-order valence-electron chi connectivity index (χ3n) is 7.00. The number of carbonyl (C=O) groups is 5. The van der Waals surface area contributed by atoms with Crippen molar-refractivity contribution in [2.24, 2.45) is 0 Å². The van der Waals surface area contributed by atoms with Crippen molar-refractivity contribution in [2.45, 2.75) is 78.4 Å². The molecule has 1 saturated heterocycles. The van der Waals surface area contributed by atoms with Gasteiger partial charge in [0.2, 0.25) is 5.91 Å². The lowest BCUT2D eigenvalue weighted by Crippen LogP contribution is -2.49. The Morgan fingerprint density at radius 3 is 2.28 bits per heavy atom. The molecule has 0 aliphatic carbocycles. The Bertz CT molecular complexity index is 1570. The number of benzene rings is 2. The Kier molecular flexibility index (Phi) is 9.72. The molecule has 1 N–H and O–H groups in total. The number of ether oxygens (including phenoxy) is 3. The number of rotatable bonds is 6. The average molecular weight is 634 g/mol. The van der Waals surface area contributed by atoms with Crippen molar-refractivity contribution in [1.29, 1.82) is 5.26 Å². The van der Waals surface area contributed by atoms with Crippen molar-refractivity contribution in [1.82, 2.24) is 9.80 Å². The molecule has 0 aromatic heterocycles. The van der Waals surface area contributed by atoms with Crippen LogP contribution in [0.2, 0.25) is 0 Å². The Balaban J connectivity index is 1.48. The molecule has 1 unspecified atom stereocenters. The van der Waals surface area contributed by atoms with Crippen molar-refractivity contribution >= 4 is 41.3 Å². The maximum Gasteiger partial charge on any atom is 0.420 e. The lowest BCUT2D eigenvalue weighted by Gasteiger charge is -2.32. The Labute approximate surface area is 268 Å². The molecular weight excluding hydrogens is 594 g/mol. The summed E-state index contributed by atoms with van der Waals surface area (Å²) in [6.45, 7) is 10.5. The number of imide groups is 1. The van der Waals surface area contributed by atoms with E-state index in [-0.39, 0.29) is 48.2 Å². The summed E-state index contributed by atoms with van der Waals surface area (Å²) in [7, 11) is 1.71. The molecule has 0 radical (unpaired) electrons. The molecule has 4 rings (SSSR count). The van der Waals surface area contributed by atoms with Crippen LogP contribution in [0.3, 0.4) is 0 Å². The van der Waals surface area contributed by atoms with Gasteiger partial charge < -0.3 is 29.3 Å². The van der Waals surface area contributed by atoms with E-state index >= 15 is 0 Å². The minimum atomic E-state index is -1.04. The highest BCUT2D eigenvalue weighted by Gasteiger charge is 2.35. The third kappa shape index (κ3) is 8.19. The number of nitrogens with one attached hydrogen (secondary N) is 1. The van der Waals surface area contributed by atoms with E-state index in [1.54, 1.807) is 70.5 Å². The van der Waals surface area contributed by atoms with Gasteiger partial charge in [-0.2, -0.15) is 5.26 Å². The number of hydrogen-bond acceptors (Lipinski definition) is 9. The molecule has 2 aromatic carbocycles. The summed E-state index contributed by atoms with van der Waals surface area (Å²) in [5.41, 5.74) is 0.937. The molecule has 2 aromatic rings. The molecule has 13 heteroatoms. The minimum absolute atomic E-state index is 0.0715. The first-order chi connectivity index (χ1) is 21.5. The maximum absolute atomic E-state index is 13.3. The summed E-state index contributed by atoms with van der Waals surface area (Å²) in [5, 5.41) is 12.4. The van der Waals surface area contributed by atoms with Gasteiger partial charge in [-0.25, -0.2) is 14.5 Å². The highest BCUT2D eigenvalue weighted by Crippen LogP contribution is 2.29. The summed E-state index contributed by atoms with van der Waals surface area (Å²) in [4.78, 5) is 68.6. The van der Waals surface area contributed by atoms with Crippen LogP contribution in [0.15, 0.2) is 36.4 Å². The van der Waals surface area contributed by atoms with Crippen LogP contribution in [0.1, 0.15) is 75.0 Å². The largest absolute Gasteiger partial charge is 0.443 e. The Morgan fingerprint density at radius 2 is 1.67 bits per heavy atom. The second-order valence-electron chi connectivity index (χ2n) is 13.1. The van der Waals surface area contributed by atoms with Crippen LogP contribution >= 0.6 is 0 Å². The van der Waals surface area contributed by atoms with Gasteiger partial charge in [0.25, 0.3) is 11.8 Å². The van der Waals surface area contributed by atoms with E-state index in [4.69, 9.17) is 14.2 Å². The standard InChI is InChI=1S/C33H39N5O8/c1-32(2,3)45-30(42)38(31(43)46-33(4,5)6)19-21-14-23(9-8-20(21)17-34)35-27(39)16-26-29(41)37(12-13-44-26)24-10-11-25-22(15-24)18-36(7)28(25)40/h8-11,14-15,26H,12-13,16,18-19H2,1-7H3,(H,35,39). The maximum atomic E-state index is 13.3. The molecule has 244 valence electrons. The second kappa shape index (κ2) is 13.2. The molecule has 0 spiro atoms. The molecule has 46 heavy (non-hydrogen) atoms. The quantitative estimate of drug-likeness (QED) is 0.481. The highest BCUT2D eigenvalue weighted by molar-refractivity contribution is 6.03. The zero-order valence-electron chi connectivity index (χ0n) is 27.1. The van der Waals surface area contributed by atoms with Gasteiger partial charge in [-0.3, -0.25) is 14.4 Å². The molecule has 13 nitrogen and oxygen atoms in total. The molecule has 2 aliphatic rings. The number of nitriles is 1. The summed E-state index contributed by atoms with van der Waals surface area (Å²) in [6, 6.07) is 11.7. The van der Waals surface area contributed by atoms with E-state index in [1.807, 2.05) is 12.1 Å². The zero-order valence-corrected chi connectivity index (χ0v) is 27.1. The monoisotopic (exact) mass is 633 g/mol. The second-order valence-corrected chi connectivity index (χ2v) is 13.1. The molecule has 5 amide bonds. The Hall–Kier alpha value is -4.96. The minimum Gasteiger partial charge on any atom is -0.443 e. The fourth-order valence-electron chi connectivity index (χ4n) is 4.96. The Morgan fingerprint density at radius 1 is 1.02 bits per heavy atom. The van der Waals surface area contributed by atoms with Crippen LogP contribution < -0.4 is 10.2 Å². The fraction of sp³-hybridized carbons (Fsp3) is 0.455. The van der Waals surface area contributed by atoms with Gasteiger partial charge >= 0.3 is 12.2 Å². The van der Waals surface area contributed by atoms with Crippen LogP contribution in [-0.2, 0) is 36.9 Å². The molecule has 0 saturated carbocycles. The first-order valence-electron chi connectivity index (χ1n) is 14.8. The molecule has 1 atom stereocenters. The molecule has 1 fully saturated rings. The third-order valence-corrected chi connectivity index (χ3v) is 7.00. The fourth-order valence-corrected chi connectivity index (χ4v) is 4.96. The van der Waals surface area contributed by atoms with E-state index in [2.05, 4.69) is 5.32 Å². The molecule has 2 heterocycles. The normalized spacial score (nSPS) is 16.4. The van der Waals surface area contributed by atoms with Gasteiger partial charge in [0.15, 0.2) is 0 Å². The number of nitrogens with zero attached hydrogens (tertiary/aromatic N) is 4. The number of morpholine rings is 1. The van der Waals surface area contributed by atoms with E-state index in [0.717, 1.165) is 10.5 Å². The van der Waals surface area contributed by atoms with Crippen molar-refractivity contribution in [3.8, 4) is 6.07 Å². The molecule has 2 aliphatic heterocycles.